The fourth-order valence-corrected chi connectivity index (χ4v) is 3.94. The van der Waals surface area contributed by atoms with Crippen LogP contribution in [-0.2, 0) is 11.2 Å². The van der Waals surface area contributed by atoms with Crippen LogP contribution in [0.5, 0.6) is 0 Å². The Morgan fingerprint density at radius 3 is 2.79 bits per heavy atom. The fraction of sp³-hybridized carbons (Fsp3) is 0.353. The Morgan fingerprint density at radius 2 is 2.05 bits per heavy atom. The number of carbonyl (C=O) groups excluding carboxylic acids is 1. The average molecular weight is 270 g/mol. The lowest BCUT2D eigenvalue weighted by Gasteiger charge is -2.17. The van der Waals surface area contributed by atoms with E-state index in [0.29, 0.717) is 5.78 Å². The van der Waals surface area contributed by atoms with Crippen molar-refractivity contribution in [2.45, 2.75) is 25.7 Å². The molecule has 3 rings (SSSR count). The van der Waals surface area contributed by atoms with E-state index in [9.17, 15) is 4.79 Å². The third kappa shape index (κ3) is 2.30. The third-order valence-electron chi connectivity index (χ3n) is 4.02. The minimum Gasteiger partial charge on any atom is -0.293 e. The summed E-state index contributed by atoms with van der Waals surface area (Å²) in [4.78, 5) is 13.6. The van der Waals surface area contributed by atoms with Gasteiger partial charge in [-0.3, -0.25) is 4.79 Å². The molecule has 98 valence electrons. The molecule has 0 spiro atoms. The average Bonchev–Trinajstić information content (AvgIpc) is 2.73. The van der Waals surface area contributed by atoms with Gasteiger partial charge in [-0.2, -0.15) is 0 Å². The largest absolute Gasteiger partial charge is 0.293 e. The zero-order valence-electron chi connectivity index (χ0n) is 11.2. The van der Waals surface area contributed by atoms with Crippen LogP contribution in [0.15, 0.2) is 52.5 Å². The number of hydrogen-bond acceptors (Lipinski definition) is 2. The van der Waals surface area contributed by atoms with Crippen molar-refractivity contribution in [1.29, 1.82) is 0 Å². The molecule has 0 saturated carbocycles. The molecule has 19 heavy (non-hydrogen) atoms. The summed E-state index contributed by atoms with van der Waals surface area (Å²) in [5.74, 6) is 0.416. The molecule has 0 heterocycles. The number of benzene rings is 1. The molecule has 0 N–H and O–H groups in total. The number of Topliss-reactive ketones (excluding diaryl/α,β-unsaturated/α-hetero) is 1. The van der Waals surface area contributed by atoms with Crippen LogP contribution in [-0.4, -0.2) is 12.0 Å². The first-order valence-corrected chi connectivity index (χ1v) is 8.09. The van der Waals surface area contributed by atoms with Gasteiger partial charge in [-0.05, 0) is 48.6 Å². The summed E-state index contributed by atoms with van der Waals surface area (Å²) in [5, 5.41) is 0. The highest BCUT2D eigenvalue weighted by molar-refractivity contribution is 8.03. The third-order valence-corrected chi connectivity index (χ3v) is 4.88. The summed E-state index contributed by atoms with van der Waals surface area (Å²) >= 11 is 1.63. The van der Waals surface area contributed by atoms with Crippen LogP contribution in [0.2, 0.25) is 0 Å². The van der Waals surface area contributed by atoms with E-state index in [1.165, 1.54) is 23.1 Å². The highest BCUT2D eigenvalue weighted by atomic mass is 32.2. The predicted molar refractivity (Wildman–Crippen MR) is 81.1 cm³/mol. The molecule has 1 aromatic rings. The van der Waals surface area contributed by atoms with E-state index in [1.807, 2.05) is 24.5 Å². The van der Waals surface area contributed by atoms with Crippen molar-refractivity contribution in [3.8, 4) is 0 Å². The van der Waals surface area contributed by atoms with Gasteiger partial charge in [0.25, 0.3) is 0 Å². The van der Waals surface area contributed by atoms with Crippen LogP contribution in [0.25, 0.3) is 0 Å². The molecule has 1 atom stereocenters. The smallest absolute Gasteiger partial charge is 0.177 e. The second kappa shape index (κ2) is 5.38. The molecule has 0 amide bonds. The first kappa shape index (κ1) is 12.7. The number of rotatable bonds is 3. The van der Waals surface area contributed by atoms with Crippen LogP contribution in [0, 0.1) is 5.92 Å². The monoisotopic (exact) mass is 270 g/mol. The fourth-order valence-electron chi connectivity index (χ4n) is 3.13. The van der Waals surface area contributed by atoms with E-state index in [-0.39, 0.29) is 5.92 Å². The maximum Gasteiger partial charge on any atom is 0.177 e. The van der Waals surface area contributed by atoms with E-state index < -0.39 is 0 Å². The predicted octanol–water partition coefficient (Wildman–Crippen LogP) is 4.16. The Hall–Kier alpha value is -1.28. The van der Waals surface area contributed by atoms with Crippen molar-refractivity contribution in [2.75, 3.05) is 6.26 Å². The summed E-state index contributed by atoms with van der Waals surface area (Å²) in [6.45, 7) is 0. The molecule has 0 fully saturated rings. The summed E-state index contributed by atoms with van der Waals surface area (Å²) in [6.07, 6.45) is 8.57. The minimum absolute atomic E-state index is 0.0696. The number of carbonyl (C=O) groups is 1. The SMILES string of the molecule is CSC1=C2CCCC=C2C(Cc2ccccc2)C1=O. The maximum absolute atomic E-state index is 12.6. The summed E-state index contributed by atoms with van der Waals surface area (Å²) in [5.41, 5.74) is 3.92. The van der Waals surface area contributed by atoms with Gasteiger partial charge in [0, 0.05) is 0 Å². The van der Waals surface area contributed by atoms with Crippen LogP contribution < -0.4 is 0 Å². The van der Waals surface area contributed by atoms with Gasteiger partial charge in [-0.25, -0.2) is 0 Å². The van der Waals surface area contributed by atoms with Gasteiger partial charge in [-0.1, -0.05) is 36.4 Å². The van der Waals surface area contributed by atoms with Crippen LogP contribution in [0.3, 0.4) is 0 Å². The van der Waals surface area contributed by atoms with Gasteiger partial charge >= 0.3 is 0 Å². The molecular formula is C17H18OS. The van der Waals surface area contributed by atoms with E-state index in [1.54, 1.807) is 11.8 Å². The molecule has 0 aromatic heterocycles. The molecular weight excluding hydrogens is 252 g/mol. The lowest BCUT2D eigenvalue weighted by molar-refractivity contribution is -0.116. The number of fused-ring (bicyclic) bond motifs is 1. The van der Waals surface area contributed by atoms with Crippen molar-refractivity contribution in [1.82, 2.24) is 0 Å². The van der Waals surface area contributed by atoms with Gasteiger partial charge in [-0.15, -0.1) is 11.8 Å². The van der Waals surface area contributed by atoms with Gasteiger partial charge in [0.15, 0.2) is 5.78 Å². The Morgan fingerprint density at radius 1 is 1.26 bits per heavy atom. The van der Waals surface area contributed by atoms with Crippen molar-refractivity contribution in [3.05, 3.63) is 58.0 Å². The van der Waals surface area contributed by atoms with Crippen molar-refractivity contribution in [3.63, 3.8) is 0 Å². The van der Waals surface area contributed by atoms with Crippen LogP contribution in [0.4, 0.5) is 0 Å². The van der Waals surface area contributed by atoms with Gasteiger partial charge < -0.3 is 0 Å². The molecule has 1 aromatic carbocycles. The zero-order chi connectivity index (χ0) is 13.2. The van der Waals surface area contributed by atoms with Gasteiger partial charge in [0.1, 0.15) is 0 Å². The summed E-state index contributed by atoms with van der Waals surface area (Å²) in [7, 11) is 0. The Bertz CT molecular complexity index is 554. The lowest BCUT2D eigenvalue weighted by Crippen LogP contribution is -2.14. The van der Waals surface area contributed by atoms with E-state index >= 15 is 0 Å². The zero-order valence-corrected chi connectivity index (χ0v) is 12.0. The van der Waals surface area contributed by atoms with Crippen molar-refractivity contribution < 1.29 is 4.79 Å². The highest BCUT2D eigenvalue weighted by Gasteiger charge is 2.37. The number of hydrogen-bond donors (Lipinski definition) is 0. The van der Waals surface area contributed by atoms with Gasteiger partial charge in [0.2, 0.25) is 0 Å². The van der Waals surface area contributed by atoms with E-state index in [4.69, 9.17) is 0 Å². The number of ketones is 1. The second-order valence-electron chi connectivity index (χ2n) is 5.17. The summed E-state index contributed by atoms with van der Waals surface area (Å²) in [6, 6.07) is 10.4. The quantitative estimate of drug-likeness (QED) is 0.820. The normalized spacial score (nSPS) is 22.5. The Kier molecular flexibility index (Phi) is 3.61. The van der Waals surface area contributed by atoms with Gasteiger partial charge in [0.05, 0.1) is 10.8 Å². The molecule has 2 aliphatic rings. The first-order valence-electron chi connectivity index (χ1n) is 6.87. The van der Waals surface area contributed by atoms with Crippen LogP contribution >= 0.6 is 11.8 Å². The topological polar surface area (TPSA) is 17.1 Å². The first-order chi connectivity index (χ1) is 9.31. The van der Waals surface area contributed by atoms with E-state index in [0.717, 1.165) is 24.2 Å². The highest BCUT2D eigenvalue weighted by Crippen LogP contribution is 2.44. The van der Waals surface area contributed by atoms with Crippen molar-refractivity contribution in [2.24, 2.45) is 5.92 Å². The molecule has 2 aliphatic carbocycles. The summed E-state index contributed by atoms with van der Waals surface area (Å²) < 4.78 is 0. The molecule has 2 heteroatoms. The van der Waals surface area contributed by atoms with Crippen LogP contribution in [0.1, 0.15) is 24.8 Å². The molecule has 0 radical (unpaired) electrons. The number of thioether (sulfide) groups is 1. The minimum atomic E-state index is 0.0696. The molecule has 0 aliphatic heterocycles. The van der Waals surface area contributed by atoms with E-state index in [2.05, 4.69) is 18.2 Å². The number of allylic oxidation sites excluding steroid dienone is 4. The Labute approximate surface area is 118 Å². The molecule has 1 nitrogen and oxygen atoms in total. The Balaban J connectivity index is 1.92. The second-order valence-corrected chi connectivity index (χ2v) is 5.99. The van der Waals surface area contributed by atoms with Crippen molar-refractivity contribution >= 4 is 17.5 Å². The standard InChI is InChI=1S/C17H18OS/c1-19-17-14-10-6-5-9-13(14)15(16(17)18)11-12-7-3-2-4-8-12/h2-4,7-9,15H,5-6,10-11H2,1H3. The lowest BCUT2D eigenvalue weighted by atomic mass is 9.86. The molecule has 0 bridgehead atoms. The molecule has 0 saturated heterocycles. The molecule has 1 unspecified atom stereocenters. The maximum atomic E-state index is 12.6.